The first-order valence-corrected chi connectivity index (χ1v) is 15.6. The van der Waals surface area contributed by atoms with Gasteiger partial charge in [-0.05, 0) is 52.0 Å². The van der Waals surface area contributed by atoms with Gasteiger partial charge in [0.15, 0.2) is 0 Å². The van der Waals surface area contributed by atoms with Crippen LogP contribution in [-0.4, -0.2) is 29.9 Å². The third-order valence-corrected chi connectivity index (χ3v) is 13.0. The number of sulfone groups is 1. The quantitative estimate of drug-likeness (QED) is 0.0740. The van der Waals surface area contributed by atoms with Gasteiger partial charge in [0, 0.05) is 18.1 Å². The van der Waals surface area contributed by atoms with Crippen LogP contribution in [0.1, 0.15) is 33.6 Å². The molecular formula is C29H33N3O3SSi. The fourth-order valence-electron chi connectivity index (χ4n) is 4.44. The van der Waals surface area contributed by atoms with Crippen LogP contribution in [0.2, 0.25) is 5.04 Å². The Morgan fingerprint density at radius 3 is 1.95 bits per heavy atom. The van der Waals surface area contributed by atoms with Gasteiger partial charge in [0.2, 0.25) is 9.84 Å². The molecule has 0 amide bonds. The van der Waals surface area contributed by atoms with E-state index in [1.54, 1.807) is 36.4 Å². The van der Waals surface area contributed by atoms with E-state index in [2.05, 4.69) is 60.8 Å². The number of benzene rings is 3. The summed E-state index contributed by atoms with van der Waals surface area (Å²) < 4.78 is 33.2. The number of nitrogens with zero attached hydrogens (tertiary/aromatic N) is 3. The van der Waals surface area contributed by atoms with Crippen molar-refractivity contribution in [2.75, 3.05) is 13.2 Å². The van der Waals surface area contributed by atoms with Gasteiger partial charge in [0.05, 0.1) is 9.80 Å². The second-order valence-electron chi connectivity index (χ2n) is 9.59. The number of azide groups is 1. The molecule has 3 aromatic carbocycles. The van der Waals surface area contributed by atoms with Gasteiger partial charge in [0.1, 0.15) is 0 Å². The van der Waals surface area contributed by atoms with Crippen molar-refractivity contribution in [3.05, 3.63) is 118 Å². The fourth-order valence-corrected chi connectivity index (χ4v) is 10.4. The Morgan fingerprint density at radius 1 is 0.946 bits per heavy atom. The largest absolute Gasteiger partial charge is 0.407 e. The molecule has 0 saturated heterocycles. The summed E-state index contributed by atoms with van der Waals surface area (Å²) in [5.74, 6) is 0. The predicted molar refractivity (Wildman–Crippen MR) is 152 cm³/mol. The van der Waals surface area contributed by atoms with Gasteiger partial charge in [-0.2, -0.15) is 0 Å². The van der Waals surface area contributed by atoms with E-state index in [1.165, 1.54) is 10.4 Å². The minimum Gasteiger partial charge on any atom is -0.407 e. The third-order valence-electron chi connectivity index (χ3n) is 6.14. The van der Waals surface area contributed by atoms with Gasteiger partial charge >= 0.3 is 0 Å². The highest BCUT2D eigenvalue weighted by atomic mass is 32.2. The van der Waals surface area contributed by atoms with Crippen LogP contribution in [0.25, 0.3) is 10.4 Å². The Bertz CT molecular complexity index is 1340. The summed E-state index contributed by atoms with van der Waals surface area (Å²) >= 11 is 0. The molecule has 0 unspecified atom stereocenters. The lowest BCUT2D eigenvalue weighted by Crippen LogP contribution is -2.66. The molecule has 0 saturated carbocycles. The maximum absolute atomic E-state index is 13.2. The summed E-state index contributed by atoms with van der Waals surface area (Å²) in [5, 5.41) is 5.74. The van der Waals surface area contributed by atoms with E-state index < -0.39 is 18.2 Å². The molecule has 6 nitrogen and oxygen atoms in total. The second-order valence-corrected chi connectivity index (χ2v) is 15.9. The smallest absolute Gasteiger partial charge is 0.261 e. The maximum atomic E-state index is 13.2. The molecule has 0 N–H and O–H groups in total. The van der Waals surface area contributed by atoms with Crippen molar-refractivity contribution >= 4 is 28.5 Å². The second kappa shape index (κ2) is 12.7. The van der Waals surface area contributed by atoms with E-state index in [-0.39, 0.29) is 27.8 Å². The lowest BCUT2D eigenvalue weighted by molar-refractivity contribution is 0.304. The van der Waals surface area contributed by atoms with Crippen LogP contribution in [0, 0.1) is 0 Å². The normalized spacial score (nSPS) is 11.8. The first kappa shape index (κ1) is 28.2. The molecule has 0 aromatic heterocycles. The molecule has 0 bridgehead atoms. The number of rotatable bonds is 11. The molecule has 192 valence electrons. The van der Waals surface area contributed by atoms with Gasteiger partial charge in [-0.15, -0.1) is 5.73 Å². The summed E-state index contributed by atoms with van der Waals surface area (Å²) in [6, 6.07) is 29.0. The van der Waals surface area contributed by atoms with Crippen molar-refractivity contribution in [1.29, 1.82) is 0 Å². The van der Waals surface area contributed by atoms with E-state index >= 15 is 0 Å². The Labute approximate surface area is 221 Å². The minimum absolute atomic E-state index is 0.0390. The molecule has 0 radical (unpaired) electrons. The fraction of sp³-hybridized carbons (Fsp3) is 0.276. The molecule has 3 rings (SSSR count). The maximum Gasteiger partial charge on any atom is 0.261 e. The van der Waals surface area contributed by atoms with Crippen LogP contribution in [0.3, 0.4) is 0 Å². The van der Waals surface area contributed by atoms with E-state index in [4.69, 9.17) is 9.96 Å². The van der Waals surface area contributed by atoms with Crippen LogP contribution in [0.4, 0.5) is 0 Å². The van der Waals surface area contributed by atoms with Crippen LogP contribution in [-0.2, 0) is 14.3 Å². The summed E-state index contributed by atoms with van der Waals surface area (Å²) in [6.45, 7) is 7.10. The van der Waals surface area contributed by atoms with E-state index in [1.807, 2.05) is 36.4 Å². The molecule has 0 aliphatic rings. The van der Waals surface area contributed by atoms with Gasteiger partial charge in [0.25, 0.3) is 8.32 Å². The highest BCUT2D eigenvalue weighted by molar-refractivity contribution is 7.95. The van der Waals surface area contributed by atoms with Gasteiger partial charge in [-0.25, -0.2) is 8.42 Å². The van der Waals surface area contributed by atoms with E-state index in [9.17, 15) is 8.42 Å². The van der Waals surface area contributed by atoms with Crippen molar-refractivity contribution in [2.45, 2.75) is 43.5 Å². The van der Waals surface area contributed by atoms with Gasteiger partial charge < -0.3 is 4.43 Å². The van der Waals surface area contributed by atoms with Crippen LogP contribution >= 0.6 is 0 Å². The highest BCUT2D eigenvalue weighted by Gasteiger charge is 2.49. The van der Waals surface area contributed by atoms with E-state index in [0.29, 0.717) is 13.0 Å². The first-order chi connectivity index (χ1) is 17.7. The zero-order valence-electron chi connectivity index (χ0n) is 21.5. The number of hydrogen-bond donors (Lipinski definition) is 0. The minimum atomic E-state index is -3.75. The molecule has 0 atom stereocenters. The predicted octanol–water partition coefficient (Wildman–Crippen LogP) is 6.17. The Kier molecular flexibility index (Phi) is 9.70. The average molecular weight is 532 g/mol. The molecular weight excluding hydrogens is 498 g/mol. The molecule has 0 aliphatic heterocycles. The summed E-state index contributed by atoms with van der Waals surface area (Å²) in [7, 11) is -6.42. The zero-order chi connectivity index (χ0) is 26.8. The average Bonchev–Trinajstić information content (AvgIpc) is 2.90. The highest BCUT2D eigenvalue weighted by Crippen LogP contribution is 2.36. The Balaban J connectivity index is 1.93. The zero-order valence-corrected chi connectivity index (χ0v) is 23.4. The monoisotopic (exact) mass is 531 g/mol. The van der Waals surface area contributed by atoms with Gasteiger partial charge in [-0.3, -0.25) is 0 Å². The molecule has 0 aliphatic carbocycles. The molecule has 3 aromatic rings. The van der Waals surface area contributed by atoms with Crippen molar-refractivity contribution in [1.82, 2.24) is 0 Å². The molecule has 37 heavy (non-hydrogen) atoms. The topological polar surface area (TPSA) is 92.1 Å². The molecule has 0 spiro atoms. The molecule has 0 heterocycles. The van der Waals surface area contributed by atoms with Crippen LogP contribution in [0.15, 0.2) is 118 Å². The van der Waals surface area contributed by atoms with Crippen molar-refractivity contribution < 1.29 is 12.8 Å². The third kappa shape index (κ3) is 6.69. The lowest BCUT2D eigenvalue weighted by Gasteiger charge is -2.43. The Hall–Kier alpha value is -3.38. The van der Waals surface area contributed by atoms with Crippen molar-refractivity contribution in [2.24, 2.45) is 5.11 Å². The van der Waals surface area contributed by atoms with Crippen LogP contribution < -0.4 is 10.4 Å². The molecule has 0 fully saturated rings. The number of hydrogen-bond acceptors (Lipinski definition) is 4. The van der Waals surface area contributed by atoms with Crippen LogP contribution in [0.5, 0.6) is 0 Å². The molecule has 8 heteroatoms. The van der Waals surface area contributed by atoms with E-state index in [0.717, 1.165) is 0 Å². The first-order valence-electron chi connectivity index (χ1n) is 12.2. The standard InChI is InChI=1S/C29H33N3O3SSi/c1-29(2,3)37(27-18-9-5-10-19-27,28-20-11-6-12-21-28)35-24-14-13-17-26(22-23-31-32-30)36(33,34)25-15-7-4-8-16-25/h4-13,15-16,18-21H,14,22-24H2,1-3H3. The van der Waals surface area contributed by atoms with Crippen molar-refractivity contribution in [3.63, 3.8) is 0 Å². The summed E-state index contributed by atoms with van der Waals surface area (Å²) in [4.78, 5) is 3.03. The summed E-state index contributed by atoms with van der Waals surface area (Å²) in [5.41, 5.74) is 11.6. The Morgan fingerprint density at radius 2 is 1.46 bits per heavy atom. The van der Waals surface area contributed by atoms with Gasteiger partial charge in [-0.1, -0.05) is 105 Å². The lowest BCUT2D eigenvalue weighted by atomic mass is 10.2. The SMILES string of the molecule is CC(C)(C)[Si](OCCC=C=C(CCN=[N+]=[N-])S(=O)(=O)c1ccccc1)(c1ccccc1)c1ccccc1. The van der Waals surface area contributed by atoms with Crippen molar-refractivity contribution in [3.8, 4) is 0 Å². The summed E-state index contributed by atoms with van der Waals surface area (Å²) in [6.07, 6.45) is 2.27.